The third-order valence-corrected chi connectivity index (χ3v) is 0. The van der Waals surface area contributed by atoms with Crippen molar-refractivity contribution < 1.29 is 0 Å². The van der Waals surface area contributed by atoms with Gasteiger partial charge in [-0.1, -0.05) is 0 Å². The van der Waals surface area contributed by atoms with Gasteiger partial charge in [-0.3, -0.25) is 0 Å². The Morgan fingerprint density at radius 2 is 1.00 bits per heavy atom. The summed E-state index contributed by atoms with van der Waals surface area (Å²) < 4.78 is 0. The monoisotopic (exact) mass is 126 g/mol. The van der Waals surface area contributed by atoms with E-state index in [4.69, 9.17) is 0 Å². The summed E-state index contributed by atoms with van der Waals surface area (Å²) in [4.78, 5) is 0. The van der Waals surface area contributed by atoms with Crippen molar-refractivity contribution in [3.05, 3.63) is 0 Å². The van der Waals surface area contributed by atoms with E-state index in [2.05, 4.69) is 0 Å². The van der Waals surface area contributed by atoms with Crippen molar-refractivity contribution in [2.75, 3.05) is 0 Å². The zero-order chi connectivity index (χ0) is 0. The van der Waals surface area contributed by atoms with Crippen molar-refractivity contribution in [2.24, 2.45) is 0 Å². The molecule has 0 bridgehead atoms. The minimum absolute atomic E-state index is 0. The molecule has 0 nitrogen and oxygen atoms in total. The predicted octanol–water partition coefficient (Wildman–Crippen LogP) is -1.79. The fourth-order valence-electron chi connectivity index (χ4n) is 0. The quantitative estimate of drug-likeness (QED) is 0.337. The van der Waals surface area contributed by atoms with Crippen LogP contribution in [0.25, 0.3) is 0 Å². The second-order valence-corrected chi connectivity index (χ2v) is 0. The molecule has 0 atom stereocenters. The summed E-state index contributed by atoms with van der Waals surface area (Å²) >= 11 is 0. The zero-order valence-electron chi connectivity index (χ0n) is 0.408. The van der Waals surface area contributed by atoms with Crippen LogP contribution in [0.4, 0.5) is 0 Å². The molecule has 0 fully saturated rings. The van der Waals surface area contributed by atoms with E-state index in [-0.39, 0.29) is 116 Å². The van der Waals surface area contributed by atoms with E-state index < -0.39 is 0 Å². The molecule has 0 aromatic rings. The standard InChI is InChI=1S/ClH.K.Mg.Na.4H/h1H;;;;;;;. The number of hydrogen-bond donors (Lipinski definition) is 0. The first-order valence-corrected chi connectivity index (χ1v) is 0. The van der Waals surface area contributed by atoms with Gasteiger partial charge in [-0.25, -0.2) is 0 Å². The van der Waals surface area contributed by atoms with Gasteiger partial charge in [0, 0.05) is 0 Å². The normalized spacial score (nSPS) is 0. The van der Waals surface area contributed by atoms with Crippen molar-refractivity contribution in [1.29, 1.82) is 0 Å². The summed E-state index contributed by atoms with van der Waals surface area (Å²) in [5, 5.41) is 0. The summed E-state index contributed by atoms with van der Waals surface area (Å²) in [7, 11) is 0. The van der Waals surface area contributed by atoms with Crippen LogP contribution in [0.1, 0.15) is 0 Å². The van der Waals surface area contributed by atoms with Crippen LogP contribution >= 0.6 is 12.4 Å². The number of halogens is 1. The van der Waals surface area contributed by atoms with Crippen LogP contribution in [0, 0.1) is 0 Å². The van der Waals surface area contributed by atoms with Gasteiger partial charge in [0.1, 0.15) is 0 Å². The summed E-state index contributed by atoms with van der Waals surface area (Å²) in [5.41, 5.74) is 0. The van der Waals surface area contributed by atoms with E-state index in [1.54, 1.807) is 0 Å². The summed E-state index contributed by atoms with van der Waals surface area (Å²) in [6.45, 7) is 0. The minimum atomic E-state index is 0. The van der Waals surface area contributed by atoms with Crippen LogP contribution in [-0.2, 0) is 0 Å². The molecule has 0 aliphatic rings. The van der Waals surface area contributed by atoms with Gasteiger partial charge in [-0.05, 0) is 0 Å². The molecule has 0 spiro atoms. The summed E-state index contributed by atoms with van der Waals surface area (Å²) in [6.07, 6.45) is 0. The van der Waals surface area contributed by atoms with Crippen LogP contribution in [0.2, 0.25) is 0 Å². The fraction of sp³-hybridized carbons (Fsp3) is 0. The molecule has 0 saturated carbocycles. The van der Waals surface area contributed by atoms with Gasteiger partial charge in [-0.2, -0.15) is 0 Å². The second-order valence-electron chi connectivity index (χ2n) is 0. The molecule has 0 aliphatic heterocycles. The van der Waals surface area contributed by atoms with E-state index in [1.807, 2.05) is 0 Å². The van der Waals surface area contributed by atoms with Crippen LogP contribution in [-0.4, -0.2) is 104 Å². The van der Waals surface area contributed by atoms with Crippen LogP contribution < -0.4 is 0 Å². The van der Waals surface area contributed by atoms with Crippen molar-refractivity contribution in [3.63, 3.8) is 0 Å². The summed E-state index contributed by atoms with van der Waals surface area (Å²) in [5.74, 6) is 0. The van der Waals surface area contributed by atoms with E-state index in [0.29, 0.717) is 0 Å². The Balaban J connectivity index is 0. The first kappa shape index (κ1) is 25.3. The molecule has 4 heteroatoms. The maximum atomic E-state index is 0. The van der Waals surface area contributed by atoms with Crippen LogP contribution in [0.15, 0.2) is 0 Å². The maximum absolute atomic E-state index is 0. The van der Waals surface area contributed by atoms with Gasteiger partial charge in [-0.15, -0.1) is 12.4 Å². The topological polar surface area (TPSA) is 0 Å². The van der Waals surface area contributed by atoms with Gasteiger partial charge < -0.3 is 0 Å². The van der Waals surface area contributed by atoms with Crippen molar-refractivity contribution >= 4 is 116 Å². The molecule has 0 aliphatic carbocycles. The molecule has 0 N–H and O–H groups in total. The first-order chi connectivity index (χ1) is 0. The van der Waals surface area contributed by atoms with Crippen molar-refractivity contribution in [1.82, 2.24) is 0 Å². The summed E-state index contributed by atoms with van der Waals surface area (Å²) in [6, 6.07) is 0. The SMILES string of the molecule is Cl.[KH].[MgH2].[NaH]. The van der Waals surface area contributed by atoms with E-state index >= 15 is 0 Å². The van der Waals surface area contributed by atoms with Gasteiger partial charge in [0.25, 0.3) is 0 Å². The Bertz CT molecular complexity index is 8.00. The Hall–Kier alpha value is 3.69. The third kappa shape index (κ3) is 9.19. The van der Waals surface area contributed by atoms with Gasteiger partial charge >= 0.3 is 104 Å². The van der Waals surface area contributed by atoms with Crippen molar-refractivity contribution in [3.8, 4) is 0 Å². The molecule has 0 rings (SSSR count). The Kier molecular flexibility index (Phi) is 100. The van der Waals surface area contributed by atoms with Crippen LogP contribution in [0.5, 0.6) is 0 Å². The van der Waals surface area contributed by atoms with E-state index in [0.717, 1.165) is 0 Å². The molecule has 0 saturated heterocycles. The molecule has 0 unspecified atom stereocenters. The Morgan fingerprint density at radius 3 is 1.00 bits per heavy atom. The Labute approximate surface area is 113 Å². The number of rotatable bonds is 0. The molecule has 16 valence electrons. The van der Waals surface area contributed by atoms with Crippen molar-refractivity contribution in [2.45, 2.75) is 0 Å². The van der Waals surface area contributed by atoms with Gasteiger partial charge in [0.05, 0.1) is 0 Å². The van der Waals surface area contributed by atoms with Crippen LogP contribution in [0.3, 0.4) is 0 Å². The molecule has 0 heterocycles. The zero-order valence-corrected chi connectivity index (χ0v) is 1.22. The average molecular weight is 127 g/mol. The number of hydrogen-bond acceptors (Lipinski definition) is 0. The molecule has 0 aromatic carbocycles. The van der Waals surface area contributed by atoms with E-state index in [9.17, 15) is 0 Å². The molecule has 0 amide bonds. The Morgan fingerprint density at radius 1 is 1.00 bits per heavy atom. The third-order valence-electron chi connectivity index (χ3n) is 0. The predicted molar refractivity (Wildman–Crippen MR) is 30.1 cm³/mol. The molecular formula is H5ClKMgNa. The van der Waals surface area contributed by atoms with Gasteiger partial charge in [0.15, 0.2) is 0 Å². The molecule has 4 heavy (non-hydrogen) atoms. The molecule has 0 aromatic heterocycles. The molecular weight excluding hydrogens is 122 g/mol. The fourth-order valence-corrected chi connectivity index (χ4v) is 0. The second kappa shape index (κ2) is 15.9. The average Bonchev–Trinajstić information content (AvgIpc) is 0. The molecule has 0 radical (unpaired) electrons. The van der Waals surface area contributed by atoms with Gasteiger partial charge in [0.2, 0.25) is 0 Å². The first-order valence-electron chi connectivity index (χ1n) is 0. The van der Waals surface area contributed by atoms with E-state index in [1.165, 1.54) is 0 Å².